The summed E-state index contributed by atoms with van der Waals surface area (Å²) in [5, 5.41) is 0. The van der Waals surface area contributed by atoms with E-state index in [0.29, 0.717) is 24.4 Å². The smallest absolute Gasteiger partial charge is 0.333 e. The lowest BCUT2D eigenvalue weighted by atomic mass is 10.2. The molecule has 0 bridgehead atoms. The van der Waals surface area contributed by atoms with Crippen molar-refractivity contribution >= 4 is 24.0 Å². The van der Waals surface area contributed by atoms with Crippen LogP contribution in [0, 0.1) is 6.92 Å². The Morgan fingerprint density at radius 1 is 1.09 bits per heavy atom. The molecular formula is C25H26O7. The van der Waals surface area contributed by atoms with Gasteiger partial charge in [-0.2, -0.15) is 0 Å². The lowest BCUT2D eigenvalue weighted by Gasteiger charge is -2.10. The zero-order valence-corrected chi connectivity index (χ0v) is 18.3. The van der Waals surface area contributed by atoms with Crippen LogP contribution in [-0.2, 0) is 23.9 Å². The first kappa shape index (κ1) is 24.4. The molecule has 1 saturated heterocycles. The molecule has 7 heteroatoms. The summed E-state index contributed by atoms with van der Waals surface area (Å²) in [5.41, 5.74) is 2.53. The van der Waals surface area contributed by atoms with Crippen molar-refractivity contribution in [1.29, 1.82) is 0 Å². The van der Waals surface area contributed by atoms with Crippen molar-refractivity contribution in [2.24, 2.45) is 0 Å². The second-order valence-electron chi connectivity index (χ2n) is 6.98. The molecule has 1 unspecified atom stereocenters. The summed E-state index contributed by atoms with van der Waals surface area (Å²) in [5.74, 6) is 0.182. The van der Waals surface area contributed by atoms with Crippen LogP contribution in [0.25, 0.3) is 6.08 Å². The first-order valence-corrected chi connectivity index (χ1v) is 9.89. The topological polar surface area (TPSA) is 88.1 Å². The van der Waals surface area contributed by atoms with Crippen molar-refractivity contribution in [3.63, 3.8) is 0 Å². The maximum Gasteiger partial charge on any atom is 0.333 e. The van der Waals surface area contributed by atoms with Crippen molar-refractivity contribution in [3.8, 4) is 11.5 Å². The molecular weight excluding hydrogens is 412 g/mol. The van der Waals surface area contributed by atoms with E-state index >= 15 is 0 Å². The third-order valence-corrected chi connectivity index (χ3v) is 4.25. The summed E-state index contributed by atoms with van der Waals surface area (Å²) in [6.07, 6.45) is 3.30. The van der Waals surface area contributed by atoms with E-state index < -0.39 is 5.97 Å². The Balaban J connectivity index is 0.000000227. The van der Waals surface area contributed by atoms with Gasteiger partial charge in [-0.15, -0.1) is 0 Å². The van der Waals surface area contributed by atoms with Gasteiger partial charge in [-0.05, 0) is 42.8 Å². The molecule has 0 radical (unpaired) electrons. The first-order valence-electron chi connectivity index (χ1n) is 9.89. The molecule has 168 valence electrons. The molecule has 1 fully saturated rings. The molecule has 1 atom stereocenters. The van der Waals surface area contributed by atoms with E-state index in [0.717, 1.165) is 11.3 Å². The Hall–Kier alpha value is -3.87. The van der Waals surface area contributed by atoms with Crippen LogP contribution in [0.5, 0.6) is 11.5 Å². The van der Waals surface area contributed by atoms with Crippen LogP contribution in [0.4, 0.5) is 0 Å². The molecule has 0 aromatic heterocycles. The number of hydrogen-bond donors (Lipinski definition) is 0. The number of benzene rings is 2. The second-order valence-corrected chi connectivity index (χ2v) is 6.98. The van der Waals surface area contributed by atoms with Crippen LogP contribution in [0.1, 0.15) is 24.5 Å². The van der Waals surface area contributed by atoms with Gasteiger partial charge in [0.05, 0.1) is 7.11 Å². The molecule has 0 amide bonds. The molecule has 0 saturated carbocycles. The average molecular weight is 438 g/mol. The monoisotopic (exact) mass is 438 g/mol. The van der Waals surface area contributed by atoms with Crippen LogP contribution in [0.3, 0.4) is 0 Å². The predicted molar refractivity (Wildman–Crippen MR) is 119 cm³/mol. The number of aryl methyl sites for hydroxylation is 1. The number of carbonyl (C=O) groups is 3. The van der Waals surface area contributed by atoms with Gasteiger partial charge in [0.15, 0.2) is 0 Å². The molecule has 1 aliphatic heterocycles. The number of rotatable bonds is 6. The Morgan fingerprint density at radius 3 is 2.25 bits per heavy atom. The third-order valence-electron chi connectivity index (χ3n) is 4.25. The van der Waals surface area contributed by atoms with Crippen molar-refractivity contribution in [1.82, 2.24) is 0 Å². The van der Waals surface area contributed by atoms with Crippen molar-refractivity contribution < 1.29 is 33.3 Å². The molecule has 2 aromatic rings. The fraction of sp³-hybridized carbons (Fsp3) is 0.240. The van der Waals surface area contributed by atoms with Gasteiger partial charge in [-0.25, -0.2) is 9.59 Å². The minimum Gasteiger partial charge on any atom is -0.490 e. The van der Waals surface area contributed by atoms with Gasteiger partial charge in [0.1, 0.15) is 24.2 Å². The lowest BCUT2D eigenvalue weighted by molar-refractivity contribution is -0.140. The van der Waals surface area contributed by atoms with E-state index in [1.807, 2.05) is 31.2 Å². The molecule has 0 N–H and O–H groups in total. The number of esters is 3. The van der Waals surface area contributed by atoms with Gasteiger partial charge >= 0.3 is 17.9 Å². The first-order chi connectivity index (χ1) is 15.3. The average Bonchev–Trinajstić information content (AvgIpc) is 3.10. The molecule has 0 spiro atoms. The van der Waals surface area contributed by atoms with Crippen LogP contribution >= 0.6 is 0 Å². The zero-order chi connectivity index (χ0) is 23.5. The van der Waals surface area contributed by atoms with Gasteiger partial charge in [-0.1, -0.05) is 36.4 Å². The molecule has 1 heterocycles. The summed E-state index contributed by atoms with van der Waals surface area (Å²) >= 11 is 0. The Labute approximate surface area is 187 Å². The van der Waals surface area contributed by atoms with Crippen LogP contribution in [0.15, 0.2) is 66.8 Å². The number of hydrogen-bond acceptors (Lipinski definition) is 7. The maximum atomic E-state index is 11.1. The number of carbonyl (C=O) groups excluding carboxylic acids is 3. The van der Waals surface area contributed by atoms with Crippen LogP contribution < -0.4 is 9.47 Å². The van der Waals surface area contributed by atoms with E-state index in [2.05, 4.69) is 11.3 Å². The third kappa shape index (κ3) is 8.47. The highest BCUT2D eigenvalue weighted by molar-refractivity contribution is 5.90. The molecule has 7 nitrogen and oxygen atoms in total. The molecule has 3 rings (SSSR count). The normalized spacial score (nSPS) is 14.9. The second kappa shape index (κ2) is 12.1. The quantitative estimate of drug-likeness (QED) is 0.382. The Bertz CT molecular complexity index is 956. The molecule has 0 aliphatic carbocycles. The van der Waals surface area contributed by atoms with Gasteiger partial charge in [-0.3, -0.25) is 4.79 Å². The Kier molecular flexibility index (Phi) is 9.22. The standard InChI is InChI=1S/C13H14O3.C12H12O4/c1-9-3-5-11(6-4-9)15-8-12-7-10(2)13(14)16-12;1-9(13)16-11-6-3-10(4-7-11)5-8-12(14)15-2/h3-6,12H,2,7-8H2,1H3;3-8H,1-2H3/b;8-5+. The van der Waals surface area contributed by atoms with Crippen molar-refractivity contribution in [2.75, 3.05) is 13.7 Å². The van der Waals surface area contributed by atoms with E-state index in [-0.39, 0.29) is 18.0 Å². The lowest BCUT2D eigenvalue weighted by Crippen LogP contribution is -2.17. The van der Waals surface area contributed by atoms with Gasteiger partial charge in [0.25, 0.3) is 0 Å². The minimum absolute atomic E-state index is 0.193. The van der Waals surface area contributed by atoms with E-state index in [1.54, 1.807) is 30.3 Å². The van der Waals surface area contributed by atoms with Gasteiger partial charge in [0.2, 0.25) is 0 Å². The highest BCUT2D eigenvalue weighted by Crippen LogP contribution is 2.20. The minimum atomic E-state index is -0.413. The number of cyclic esters (lactones) is 1. The molecule has 32 heavy (non-hydrogen) atoms. The van der Waals surface area contributed by atoms with E-state index in [1.165, 1.54) is 25.7 Å². The largest absolute Gasteiger partial charge is 0.490 e. The highest BCUT2D eigenvalue weighted by Gasteiger charge is 2.27. The van der Waals surface area contributed by atoms with E-state index in [9.17, 15) is 14.4 Å². The predicted octanol–water partition coefficient (Wildman–Crippen LogP) is 4.04. The van der Waals surface area contributed by atoms with E-state index in [4.69, 9.17) is 14.2 Å². The zero-order valence-electron chi connectivity index (χ0n) is 18.3. The van der Waals surface area contributed by atoms with Crippen LogP contribution in [0.2, 0.25) is 0 Å². The van der Waals surface area contributed by atoms with Gasteiger partial charge < -0.3 is 18.9 Å². The van der Waals surface area contributed by atoms with Gasteiger partial charge in [0, 0.05) is 25.0 Å². The summed E-state index contributed by atoms with van der Waals surface area (Å²) < 4.78 is 19.9. The SMILES string of the molecule is C=C1CC(COc2ccc(C)cc2)OC1=O.COC(=O)/C=C/c1ccc(OC(C)=O)cc1. The summed E-state index contributed by atoms with van der Waals surface area (Å²) in [4.78, 5) is 32.5. The molecule has 1 aliphatic rings. The van der Waals surface area contributed by atoms with Crippen molar-refractivity contribution in [2.45, 2.75) is 26.4 Å². The number of methoxy groups -OCH3 is 1. The maximum absolute atomic E-state index is 11.1. The fourth-order valence-corrected chi connectivity index (χ4v) is 2.60. The van der Waals surface area contributed by atoms with Crippen molar-refractivity contribution in [3.05, 3.63) is 77.9 Å². The summed E-state index contributed by atoms with van der Waals surface area (Å²) in [6, 6.07) is 14.5. The fourth-order valence-electron chi connectivity index (χ4n) is 2.60. The molecule has 2 aromatic carbocycles. The number of ether oxygens (including phenoxy) is 4. The summed E-state index contributed by atoms with van der Waals surface area (Å²) in [6.45, 7) is 7.36. The van der Waals surface area contributed by atoms with Crippen LogP contribution in [-0.4, -0.2) is 37.7 Å². The summed E-state index contributed by atoms with van der Waals surface area (Å²) in [7, 11) is 1.32. The Morgan fingerprint density at radius 2 is 1.72 bits per heavy atom. The highest BCUT2D eigenvalue weighted by atomic mass is 16.6.